The maximum absolute atomic E-state index is 13.5. The van der Waals surface area contributed by atoms with Crippen LogP contribution in [0.2, 0.25) is 0 Å². The molecule has 5 rings (SSSR count). The number of nitro benzene ring substituents is 2. The molecule has 1 saturated heterocycles. The number of phenolic OH excluding ortho intramolecular Hbond substituents is 1. The van der Waals surface area contributed by atoms with Crippen LogP contribution in [0.1, 0.15) is 17.2 Å². The summed E-state index contributed by atoms with van der Waals surface area (Å²) in [6, 6.07) is 23.2. The molecule has 0 radical (unpaired) electrons. The summed E-state index contributed by atoms with van der Waals surface area (Å²) < 4.78 is 0. The van der Waals surface area contributed by atoms with Gasteiger partial charge >= 0.3 is 5.69 Å². The van der Waals surface area contributed by atoms with E-state index in [-0.39, 0.29) is 16.8 Å². The van der Waals surface area contributed by atoms with Crippen molar-refractivity contribution in [1.29, 1.82) is 0 Å². The van der Waals surface area contributed by atoms with Gasteiger partial charge in [-0.25, -0.2) is 0 Å². The van der Waals surface area contributed by atoms with Crippen molar-refractivity contribution in [1.82, 2.24) is 0 Å². The summed E-state index contributed by atoms with van der Waals surface area (Å²) >= 11 is 0. The molecule has 11 nitrogen and oxygen atoms in total. The van der Waals surface area contributed by atoms with Crippen LogP contribution in [0.4, 0.5) is 17.1 Å². The van der Waals surface area contributed by atoms with E-state index in [1.807, 2.05) is 36.4 Å². The average Bonchev–Trinajstić information content (AvgIpc) is 3.22. The number of aliphatic hydroxyl groups is 1. The highest BCUT2D eigenvalue weighted by molar-refractivity contribution is 6.51. The molecule has 1 heterocycles. The average molecular weight is 537 g/mol. The van der Waals surface area contributed by atoms with Gasteiger partial charge in [-0.05, 0) is 53.1 Å². The van der Waals surface area contributed by atoms with Crippen LogP contribution in [0, 0.1) is 20.2 Å². The topological polar surface area (TPSA) is 164 Å². The van der Waals surface area contributed by atoms with Crippen molar-refractivity contribution in [2.45, 2.75) is 6.04 Å². The molecule has 2 N–H and O–H groups in total. The van der Waals surface area contributed by atoms with Crippen molar-refractivity contribution < 1.29 is 29.6 Å². The zero-order valence-corrected chi connectivity index (χ0v) is 20.5. The molecule has 198 valence electrons. The highest BCUT2D eigenvalue weighted by atomic mass is 16.6. The van der Waals surface area contributed by atoms with Gasteiger partial charge in [-0.2, -0.15) is 0 Å². The molecule has 11 heteroatoms. The molecule has 1 unspecified atom stereocenters. The highest BCUT2D eigenvalue weighted by Crippen LogP contribution is 2.43. The molecule has 1 amide bonds. The Morgan fingerprint density at radius 2 is 1.45 bits per heavy atom. The van der Waals surface area contributed by atoms with Gasteiger partial charge in [0, 0.05) is 29.4 Å². The van der Waals surface area contributed by atoms with Crippen molar-refractivity contribution in [2.24, 2.45) is 0 Å². The molecule has 1 aliphatic rings. The second-order valence-corrected chi connectivity index (χ2v) is 8.89. The number of Topliss-reactive ketones (excluding diaryl/α,β-unsaturated/α-hetero) is 1. The fraction of sp³-hybridized carbons (Fsp3) is 0.0345. The summed E-state index contributed by atoms with van der Waals surface area (Å²) in [5.41, 5.74) is 0.925. The lowest BCUT2D eigenvalue weighted by molar-refractivity contribution is -0.385. The Bertz CT molecular complexity index is 1720. The van der Waals surface area contributed by atoms with E-state index in [9.17, 15) is 40.0 Å². The van der Waals surface area contributed by atoms with Crippen LogP contribution in [0.25, 0.3) is 16.9 Å². The maximum Gasteiger partial charge on any atom is 0.310 e. The normalized spacial score (nSPS) is 16.2. The van der Waals surface area contributed by atoms with Crippen molar-refractivity contribution >= 4 is 34.5 Å². The molecule has 40 heavy (non-hydrogen) atoms. The minimum atomic E-state index is -1.20. The number of aliphatic hydroxyl groups excluding tert-OH is 1. The van der Waals surface area contributed by atoms with Crippen LogP contribution < -0.4 is 4.90 Å². The van der Waals surface area contributed by atoms with Crippen molar-refractivity contribution in [3.63, 3.8) is 0 Å². The van der Waals surface area contributed by atoms with Crippen LogP contribution in [0.15, 0.2) is 103 Å². The lowest BCUT2D eigenvalue weighted by atomic mass is 9.94. The smallest absolute Gasteiger partial charge is 0.310 e. The lowest BCUT2D eigenvalue weighted by Crippen LogP contribution is -2.29. The second kappa shape index (κ2) is 10.1. The van der Waals surface area contributed by atoms with E-state index in [2.05, 4.69) is 0 Å². The molecular formula is C29H19N3O8. The number of nitrogens with zero attached hydrogens (tertiary/aromatic N) is 3. The summed E-state index contributed by atoms with van der Waals surface area (Å²) in [5.74, 6) is -3.41. The number of ketones is 1. The first kappa shape index (κ1) is 25.8. The number of carbonyl (C=O) groups excluding carboxylic acids is 2. The summed E-state index contributed by atoms with van der Waals surface area (Å²) in [4.78, 5) is 49.0. The number of phenols is 1. The Morgan fingerprint density at radius 3 is 2.08 bits per heavy atom. The van der Waals surface area contributed by atoms with Gasteiger partial charge < -0.3 is 10.2 Å². The Morgan fingerprint density at radius 1 is 0.775 bits per heavy atom. The number of benzene rings is 4. The molecule has 0 bridgehead atoms. The molecule has 0 saturated carbocycles. The molecule has 0 aliphatic carbocycles. The van der Waals surface area contributed by atoms with Crippen molar-refractivity contribution in [3.05, 3.63) is 134 Å². The first-order chi connectivity index (χ1) is 19.2. The molecule has 4 aromatic rings. The maximum atomic E-state index is 13.5. The predicted molar refractivity (Wildman–Crippen MR) is 145 cm³/mol. The van der Waals surface area contributed by atoms with Crippen LogP contribution in [0.5, 0.6) is 5.75 Å². The number of aromatic hydroxyl groups is 1. The zero-order valence-electron chi connectivity index (χ0n) is 20.5. The van der Waals surface area contributed by atoms with E-state index in [1.165, 1.54) is 29.2 Å². The fourth-order valence-electron chi connectivity index (χ4n) is 4.64. The minimum Gasteiger partial charge on any atom is -0.507 e. The molecule has 1 atom stereocenters. The number of rotatable bonds is 6. The highest BCUT2D eigenvalue weighted by Gasteiger charge is 2.47. The Balaban J connectivity index is 1.70. The largest absolute Gasteiger partial charge is 0.507 e. The molecule has 4 aromatic carbocycles. The van der Waals surface area contributed by atoms with Crippen LogP contribution in [-0.2, 0) is 9.59 Å². The van der Waals surface area contributed by atoms with Gasteiger partial charge in [-0.3, -0.25) is 34.7 Å². The van der Waals surface area contributed by atoms with Gasteiger partial charge in [0.05, 0.1) is 21.5 Å². The SMILES string of the molecule is O=C1C(=O)N(c2cccc(-c3ccccc3)c2)C(c2ccc([N+](=O)[O-])cc2)/C1=C(/O)c1ccc([N+](=O)[O-])c(O)c1. The number of nitro groups is 2. The van der Waals surface area contributed by atoms with E-state index in [0.717, 1.165) is 29.3 Å². The minimum absolute atomic E-state index is 0.133. The number of carbonyl (C=O) groups is 2. The van der Waals surface area contributed by atoms with E-state index in [4.69, 9.17) is 0 Å². The Kier molecular flexibility index (Phi) is 6.54. The third-order valence-corrected chi connectivity index (χ3v) is 6.54. The van der Waals surface area contributed by atoms with Gasteiger partial charge in [-0.1, -0.05) is 42.5 Å². The third kappa shape index (κ3) is 4.52. The summed E-state index contributed by atoms with van der Waals surface area (Å²) in [7, 11) is 0. The summed E-state index contributed by atoms with van der Waals surface area (Å²) in [5, 5.41) is 43.7. The van der Waals surface area contributed by atoms with Gasteiger partial charge in [-0.15, -0.1) is 0 Å². The molecule has 1 fully saturated rings. The number of non-ortho nitro benzene ring substituents is 1. The zero-order chi connectivity index (χ0) is 28.6. The third-order valence-electron chi connectivity index (χ3n) is 6.54. The quantitative estimate of drug-likeness (QED) is 0.107. The summed E-state index contributed by atoms with van der Waals surface area (Å²) in [6.07, 6.45) is 0. The number of hydrogen-bond acceptors (Lipinski definition) is 8. The van der Waals surface area contributed by atoms with Gasteiger partial charge in [0.15, 0.2) is 5.75 Å². The molecular weight excluding hydrogens is 518 g/mol. The van der Waals surface area contributed by atoms with Crippen molar-refractivity contribution in [3.8, 4) is 16.9 Å². The number of amides is 1. The lowest BCUT2D eigenvalue weighted by Gasteiger charge is -2.26. The fourth-order valence-corrected chi connectivity index (χ4v) is 4.64. The van der Waals surface area contributed by atoms with Crippen LogP contribution in [-0.4, -0.2) is 31.8 Å². The number of anilines is 1. The van der Waals surface area contributed by atoms with Crippen molar-refractivity contribution in [2.75, 3.05) is 4.90 Å². The Labute approximate surface area is 226 Å². The van der Waals surface area contributed by atoms with Gasteiger partial charge in [0.2, 0.25) is 0 Å². The predicted octanol–water partition coefficient (Wildman–Crippen LogP) is 5.50. The standard InChI is InChI=1S/C29H19N3O8/c33-24-16-20(11-14-23(24)32(39)40)27(34)25-26(18-9-12-21(13-10-18)31(37)38)30(29(36)28(25)35)22-8-4-7-19(15-22)17-5-2-1-3-6-17/h1-16,26,33-34H/b27-25-. The van der Waals surface area contributed by atoms with E-state index >= 15 is 0 Å². The van der Waals surface area contributed by atoms with Crippen LogP contribution >= 0.6 is 0 Å². The summed E-state index contributed by atoms with van der Waals surface area (Å²) in [6.45, 7) is 0. The van der Waals surface area contributed by atoms with Gasteiger partial charge in [0.25, 0.3) is 17.4 Å². The monoisotopic (exact) mass is 537 g/mol. The molecule has 1 aliphatic heterocycles. The van der Waals surface area contributed by atoms with E-state index < -0.39 is 44.8 Å². The molecule has 0 aromatic heterocycles. The molecule has 0 spiro atoms. The van der Waals surface area contributed by atoms with E-state index in [0.29, 0.717) is 11.3 Å². The number of hydrogen-bond donors (Lipinski definition) is 2. The van der Waals surface area contributed by atoms with Gasteiger partial charge in [0.1, 0.15) is 5.76 Å². The first-order valence-corrected chi connectivity index (χ1v) is 11.9. The van der Waals surface area contributed by atoms with E-state index in [1.54, 1.807) is 18.2 Å². The second-order valence-electron chi connectivity index (χ2n) is 8.89. The Hall–Kier alpha value is -5.84. The first-order valence-electron chi connectivity index (χ1n) is 11.9. The van der Waals surface area contributed by atoms with Crippen LogP contribution in [0.3, 0.4) is 0 Å².